The first-order valence-corrected chi connectivity index (χ1v) is 8.62. The number of hydrogen-bond acceptors (Lipinski definition) is 8. The fourth-order valence-electron chi connectivity index (χ4n) is 2.50. The van der Waals surface area contributed by atoms with Crippen molar-refractivity contribution < 1.29 is 34.5 Å². The van der Waals surface area contributed by atoms with Gasteiger partial charge >= 0.3 is 5.97 Å². The van der Waals surface area contributed by atoms with Crippen molar-refractivity contribution in [1.82, 2.24) is 15.5 Å². The molecule has 0 aromatic carbocycles. The number of likely N-dealkylation sites (tertiary alicyclic amines) is 1. The monoisotopic (exact) mass is 392 g/mol. The number of rotatable bonds is 9. The molecule has 1 heterocycles. The van der Waals surface area contributed by atoms with Gasteiger partial charge in [0, 0.05) is 12.3 Å². The van der Waals surface area contributed by atoms with Gasteiger partial charge in [0.1, 0.15) is 24.2 Å². The van der Waals surface area contributed by atoms with E-state index in [1.165, 1.54) is 0 Å². The number of carbonyl (C=O) groups is 4. The lowest BCUT2D eigenvalue weighted by molar-refractivity contribution is -0.150. The molecular weight excluding hydrogens is 368 g/mol. The predicted octanol–water partition coefficient (Wildman–Crippen LogP) is -3.73. The molecule has 0 saturated carbocycles. The van der Waals surface area contributed by atoms with Crippen molar-refractivity contribution in [3.63, 3.8) is 0 Å². The molecule has 26 heavy (non-hydrogen) atoms. The number of hydrogen-bond donors (Lipinski definition) is 7. The highest BCUT2D eigenvalue weighted by molar-refractivity contribution is 7.80. The Labute approximate surface area is 155 Å². The average molecular weight is 392 g/mol. The van der Waals surface area contributed by atoms with Crippen LogP contribution in [0, 0.1) is 0 Å². The molecule has 0 aromatic rings. The first-order chi connectivity index (χ1) is 12.3. The van der Waals surface area contributed by atoms with Crippen molar-refractivity contribution in [1.29, 1.82) is 0 Å². The van der Waals surface area contributed by atoms with Crippen LogP contribution in [-0.4, -0.2) is 93.6 Å². The van der Waals surface area contributed by atoms with E-state index in [2.05, 4.69) is 23.3 Å². The molecule has 0 radical (unpaired) electrons. The lowest BCUT2D eigenvalue weighted by atomic mass is 10.2. The van der Waals surface area contributed by atoms with E-state index in [0.29, 0.717) is 12.8 Å². The van der Waals surface area contributed by atoms with Gasteiger partial charge in [-0.25, -0.2) is 4.79 Å². The van der Waals surface area contributed by atoms with Crippen LogP contribution >= 0.6 is 12.6 Å². The van der Waals surface area contributed by atoms with Gasteiger partial charge in [0.2, 0.25) is 17.7 Å². The number of aliphatic hydroxyl groups excluding tert-OH is 2. The summed E-state index contributed by atoms with van der Waals surface area (Å²) in [6.45, 7) is -1.15. The third kappa shape index (κ3) is 5.56. The standard InChI is InChI=1S/C14H24N4O7S/c15-7(4-19)11(21)17-9(6-26)12(22)16-8(5-20)13(23)18-3-1-2-10(18)14(24)25/h7-10,19-20,26H,1-6,15H2,(H,16,22)(H,17,21)(H,24,25). The number of carboxylic acids is 1. The van der Waals surface area contributed by atoms with Gasteiger partial charge in [-0.1, -0.05) is 0 Å². The number of carboxylic acid groups (broad SMARTS) is 1. The highest BCUT2D eigenvalue weighted by atomic mass is 32.1. The summed E-state index contributed by atoms with van der Waals surface area (Å²) in [4.78, 5) is 48.6. The van der Waals surface area contributed by atoms with Crippen molar-refractivity contribution in [2.24, 2.45) is 5.73 Å². The molecule has 4 unspecified atom stereocenters. The van der Waals surface area contributed by atoms with Gasteiger partial charge in [0.25, 0.3) is 0 Å². The second-order valence-corrected chi connectivity index (χ2v) is 6.17. The number of nitrogens with zero attached hydrogens (tertiary/aromatic N) is 1. The lowest BCUT2D eigenvalue weighted by Gasteiger charge is -2.27. The molecule has 12 heteroatoms. The Morgan fingerprint density at radius 3 is 2.23 bits per heavy atom. The van der Waals surface area contributed by atoms with E-state index in [-0.39, 0.29) is 12.3 Å². The molecule has 1 fully saturated rings. The molecule has 11 nitrogen and oxygen atoms in total. The third-order valence-corrected chi connectivity index (χ3v) is 4.33. The van der Waals surface area contributed by atoms with Gasteiger partial charge in [-0.2, -0.15) is 12.6 Å². The topological polar surface area (TPSA) is 182 Å². The zero-order valence-corrected chi connectivity index (χ0v) is 14.9. The van der Waals surface area contributed by atoms with Crippen LogP contribution < -0.4 is 16.4 Å². The van der Waals surface area contributed by atoms with E-state index in [1.54, 1.807) is 0 Å². The Bertz CT molecular complexity index is 547. The van der Waals surface area contributed by atoms with Crippen LogP contribution in [0.1, 0.15) is 12.8 Å². The van der Waals surface area contributed by atoms with Crippen LogP contribution in [-0.2, 0) is 19.2 Å². The van der Waals surface area contributed by atoms with E-state index in [1.807, 2.05) is 0 Å². The minimum Gasteiger partial charge on any atom is -0.480 e. The van der Waals surface area contributed by atoms with Crippen molar-refractivity contribution in [3.05, 3.63) is 0 Å². The molecule has 0 bridgehead atoms. The summed E-state index contributed by atoms with van der Waals surface area (Å²) in [5, 5.41) is 31.9. The summed E-state index contributed by atoms with van der Waals surface area (Å²) in [7, 11) is 0. The second-order valence-electron chi connectivity index (χ2n) is 5.80. The smallest absolute Gasteiger partial charge is 0.326 e. The largest absolute Gasteiger partial charge is 0.480 e. The molecule has 0 aromatic heterocycles. The SMILES string of the molecule is NC(CO)C(=O)NC(CS)C(=O)NC(CO)C(=O)N1CCCC1C(=O)O. The predicted molar refractivity (Wildman–Crippen MR) is 92.2 cm³/mol. The summed E-state index contributed by atoms with van der Waals surface area (Å²) in [6, 6.07) is -4.73. The molecule has 3 amide bonds. The van der Waals surface area contributed by atoms with Gasteiger partial charge in [-0.3, -0.25) is 14.4 Å². The third-order valence-electron chi connectivity index (χ3n) is 3.97. The number of carbonyl (C=O) groups excluding carboxylic acids is 3. The van der Waals surface area contributed by atoms with Crippen LogP contribution in [0.25, 0.3) is 0 Å². The summed E-state index contributed by atoms with van der Waals surface area (Å²) in [5.74, 6) is -3.57. The van der Waals surface area contributed by atoms with E-state index < -0.39 is 61.1 Å². The number of nitrogens with two attached hydrogens (primary N) is 1. The molecule has 1 aliphatic rings. The fourth-order valence-corrected chi connectivity index (χ4v) is 2.76. The maximum Gasteiger partial charge on any atom is 0.326 e. The highest BCUT2D eigenvalue weighted by Gasteiger charge is 2.38. The van der Waals surface area contributed by atoms with Crippen LogP contribution in [0.3, 0.4) is 0 Å². The first-order valence-electron chi connectivity index (χ1n) is 7.99. The summed E-state index contributed by atoms with van der Waals surface area (Å²) in [5.41, 5.74) is 5.35. The molecule has 0 aliphatic carbocycles. The Morgan fingerprint density at radius 2 is 1.73 bits per heavy atom. The van der Waals surface area contributed by atoms with Crippen molar-refractivity contribution in [2.45, 2.75) is 37.0 Å². The van der Waals surface area contributed by atoms with Crippen LogP contribution in [0.4, 0.5) is 0 Å². The Balaban J connectivity index is 2.75. The minimum absolute atomic E-state index is 0.122. The highest BCUT2D eigenvalue weighted by Crippen LogP contribution is 2.18. The summed E-state index contributed by atoms with van der Waals surface area (Å²) in [6.07, 6.45) is 0.796. The number of thiol groups is 1. The maximum atomic E-state index is 12.4. The van der Waals surface area contributed by atoms with Crippen LogP contribution in [0.15, 0.2) is 0 Å². The average Bonchev–Trinajstić information content (AvgIpc) is 3.12. The van der Waals surface area contributed by atoms with Crippen molar-refractivity contribution >= 4 is 36.3 Å². The van der Waals surface area contributed by atoms with Gasteiger partial charge in [-0.05, 0) is 12.8 Å². The van der Waals surface area contributed by atoms with Gasteiger partial charge in [-0.15, -0.1) is 0 Å². The minimum atomic E-state index is -1.35. The number of aliphatic hydroxyl groups is 2. The maximum absolute atomic E-state index is 12.4. The van der Waals surface area contributed by atoms with E-state index >= 15 is 0 Å². The number of amides is 3. The van der Waals surface area contributed by atoms with E-state index in [0.717, 1.165) is 4.90 Å². The van der Waals surface area contributed by atoms with Crippen molar-refractivity contribution in [3.8, 4) is 0 Å². The van der Waals surface area contributed by atoms with Gasteiger partial charge in [0.15, 0.2) is 0 Å². The molecule has 1 saturated heterocycles. The molecule has 1 rings (SSSR count). The Kier molecular flexibility index (Phi) is 8.78. The summed E-state index contributed by atoms with van der Waals surface area (Å²) < 4.78 is 0. The first kappa shape index (κ1) is 22.2. The Morgan fingerprint density at radius 1 is 1.12 bits per heavy atom. The molecule has 0 spiro atoms. The molecule has 148 valence electrons. The zero-order valence-electron chi connectivity index (χ0n) is 14.0. The fraction of sp³-hybridized carbons (Fsp3) is 0.714. The number of nitrogens with one attached hydrogen (secondary N) is 2. The van der Waals surface area contributed by atoms with Crippen molar-refractivity contribution in [2.75, 3.05) is 25.5 Å². The van der Waals surface area contributed by atoms with E-state index in [4.69, 9.17) is 15.9 Å². The molecule has 4 atom stereocenters. The van der Waals surface area contributed by atoms with Gasteiger partial charge < -0.3 is 36.6 Å². The molecular formula is C14H24N4O7S. The summed E-state index contributed by atoms with van der Waals surface area (Å²) >= 11 is 3.94. The van der Waals surface area contributed by atoms with Gasteiger partial charge in [0.05, 0.1) is 13.2 Å². The molecule has 7 N–H and O–H groups in total. The normalized spacial score (nSPS) is 20.2. The second kappa shape index (κ2) is 10.3. The molecule has 1 aliphatic heterocycles. The van der Waals surface area contributed by atoms with E-state index in [9.17, 15) is 24.3 Å². The number of aliphatic carboxylic acids is 1. The quantitative estimate of drug-likeness (QED) is 0.195. The van der Waals surface area contributed by atoms with Crippen LogP contribution in [0.5, 0.6) is 0 Å². The lowest BCUT2D eigenvalue weighted by Crippen LogP contribution is -2.58. The van der Waals surface area contributed by atoms with Crippen LogP contribution in [0.2, 0.25) is 0 Å². The zero-order chi connectivity index (χ0) is 19.9. The Hall–Kier alpha value is -1.89.